The predicted molar refractivity (Wildman–Crippen MR) is 94.4 cm³/mol. The second-order valence-corrected chi connectivity index (χ2v) is 6.77. The van der Waals surface area contributed by atoms with Gasteiger partial charge < -0.3 is 15.5 Å². The Balaban J connectivity index is 1.52. The van der Waals surface area contributed by atoms with Crippen LogP contribution >= 0.6 is 0 Å². The third kappa shape index (κ3) is 2.65. The molecule has 2 aliphatic heterocycles. The van der Waals surface area contributed by atoms with Gasteiger partial charge in [0.25, 0.3) is 5.91 Å². The first-order valence-corrected chi connectivity index (χ1v) is 8.52. The van der Waals surface area contributed by atoms with E-state index in [0.29, 0.717) is 37.2 Å². The summed E-state index contributed by atoms with van der Waals surface area (Å²) in [5.41, 5.74) is 10.1. The summed E-state index contributed by atoms with van der Waals surface area (Å²) in [6, 6.07) is 5.62. The molecule has 1 fully saturated rings. The van der Waals surface area contributed by atoms with Gasteiger partial charge in [-0.2, -0.15) is 5.10 Å². The van der Waals surface area contributed by atoms with Gasteiger partial charge in [0.15, 0.2) is 0 Å². The molecule has 130 valence electrons. The number of carbonyl (C=O) groups excluding carboxylic acids is 2. The van der Waals surface area contributed by atoms with Crippen LogP contribution in [-0.4, -0.2) is 47.0 Å². The summed E-state index contributed by atoms with van der Waals surface area (Å²) < 4.78 is 0. The highest BCUT2D eigenvalue weighted by atomic mass is 16.2. The van der Waals surface area contributed by atoms with Crippen LogP contribution in [0.5, 0.6) is 0 Å². The highest BCUT2D eigenvalue weighted by Crippen LogP contribution is 2.31. The number of carbonyl (C=O) groups is 2. The number of nitrogen functional groups attached to an aromatic ring is 1. The number of rotatable bonds is 2. The lowest BCUT2D eigenvalue weighted by Crippen LogP contribution is -2.32. The van der Waals surface area contributed by atoms with Gasteiger partial charge in [-0.3, -0.25) is 14.7 Å². The van der Waals surface area contributed by atoms with Gasteiger partial charge in [0.1, 0.15) is 0 Å². The van der Waals surface area contributed by atoms with Crippen molar-refractivity contribution in [3.05, 3.63) is 41.2 Å². The minimum Gasteiger partial charge on any atom is -0.396 e. The third-order valence-electron chi connectivity index (χ3n) is 5.25. The quantitative estimate of drug-likeness (QED) is 0.867. The van der Waals surface area contributed by atoms with Gasteiger partial charge in [0.2, 0.25) is 5.91 Å². The molecule has 1 atom stereocenters. The van der Waals surface area contributed by atoms with E-state index in [4.69, 9.17) is 5.73 Å². The van der Waals surface area contributed by atoms with E-state index in [1.54, 1.807) is 18.1 Å². The molecular weight excluding hydrogens is 318 g/mol. The van der Waals surface area contributed by atoms with Gasteiger partial charge in [0.05, 0.1) is 17.6 Å². The van der Waals surface area contributed by atoms with Crippen LogP contribution in [0.4, 0.5) is 11.4 Å². The highest BCUT2D eigenvalue weighted by molar-refractivity contribution is 5.99. The zero-order chi connectivity index (χ0) is 17.6. The zero-order valence-electron chi connectivity index (χ0n) is 14.2. The first-order chi connectivity index (χ1) is 12.0. The van der Waals surface area contributed by atoms with Gasteiger partial charge in [-0.25, -0.2) is 0 Å². The summed E-state index contributed by atoms with van der Waals surface area (Å²) in [4.78, 5) is 28.2. The maximum atomic E-state index is 12.9. The second kappa shape index (κ2) is 5.91. The van der Waals surface area contributed by atoms with E-state index in [0.717, 1.165) is 23.4 Å². The number of hydrogen-bond donors (Lipinski definition) is 2. The van der Waals surface area contributed by atoms with Gasteiger partial charge in [-0.1, -0.05) is 0 Å². The fourth-order valence-electron chi connectivity index (χ4n) is 3.79. The Bertz CT molecular complexity index is 844. The van der Waals surface area contributed by atoms with Crippen molar-refractivity contribution in [2.45, 2.75) is 25.2 Å². The number of amides is 2. The fourth-order valence-corrected chi connectivity index (χ4v) is 3.79. The molecule has 3 heterocycles. The summed E-state index contributed by atoms with van der Waals surface area (Å²) in [7, 11) is 1.78. The molecule has 1 saturated heterocycles. The summed E-state index contributed by atoms with van der Waals surface area (Å²) in [5.74, 6) is 0.349. The average Bonchev–Trinajstić information content (AvgIpc) is 3.26. The minimum absolute atomic E-state index is 0.0305. The number of anilines is 2. The Hall–Kier alpha value is -2.83. The van der Waals surface area contributed by atoms with Crippen molar-refractivity contribution >= 4 is 23.2 Å². The molecule has 1 aromatic carbocycles. The van der Waals surface area contributed by atoms with Crippen LogP contribution in [0.25, 0.3) is 0 Å². The summed E-state index contributed by atoms with van der Waals surface area (Å²) in [6.07, 6.45) is 3.67. The number of fused-ring (bicyclic) bond motifs is 1. The Kier molecular flexibility index (Phi) is 3.71. The van der Waals surface area contributed by atoms with E-state index < -0.39 is 0 Å². The number of likely N-dealkylation sites (tertiary alicyclic amines) is 1. The van der Waals surface area contributed by atoms with Crippen LogP contribution in [-0.2, 0) is 11.2 Å². The van der Waals surface area contributed by atoms with E-state index >= 15 is 0 Å². The van der Waals surface area contributed by atoms with Crippen LogP contribution in [0.3, 0.4) is 0 Å². The number of aromatic amines is 1. The SMILES string of the molecule is CN1C(=O)CCc2cc(C(=O)N3CCC(c4[nH]ncc4N)C3)ccc21. The molecule has 1 unspecified atom stereocenters. The van der Waals surface area contributed by atoms with Gasteiger partial charge in [0, 0.05) is 43.7 Å². The normalized spacial score (nSPS) is 20.0. The van der Waals surface area contributed by atoms with Crippen LogP contribution in [0.15, 0.2) is 24.4 Å². The molecular formula is C18H21N5O2. The van der Waals surface area contributed by atoms with Crippen molar-refractivity contribution in [1.29, 1.82) is 0 Å². The van der Waals surface area contributed by atoms with Gasteiger partial charge >= 0.3 is 0 Å². The average molecular weight is 339 g/mol. The molecule has 3 N–H and O–H groups in total. The monoisotopic (exact) mass is 339 g/mol. The molecule has 7 nitrogen and oxygen atoms in total. The lowest BCUT2D eigenvalue weighted by atomic mass is 9.98. The maximum Gasteiger partial charge on any atom is 0.253 e. The molecule has 0 saturated carbocycles. The molecule has 2 aromatic rings. The first-order valence-electron chi connectivity index (χ1n) is 8.52. The number of aromatic nitrogens is 2. The molecule has 0 aliphatic carbocycles. The molecule has 0 radical (unpaired) electrons. The highest BCUT2D eigenvalue weighted by Gasteiger charge is 2.30. The molecule has 1 aromatic heterocycles. The largest absolute Gasteiger partial charge is 0.396 e. The lowest BCUT2D eigenvalue weighted by molar-refractivity contribution is -0.118. The van der Waals surface area contributed by atoms with Crippen LogP contribution in [0, 0.1) is 0 Å². The number of nitrogens with zero attached hydrogens (tertiary/aromatic N) is 3. The van der Waals surface area contributed by atoms with Crippen molar-refractivity contribution in [1.82, 2.24) is 15.1 Å². The second-order valence-electron chi connectivity index (χ2n) is 6.77. The van der Waals surface area contributed by atoms with E-state index in [2.05, 4.69) is 10.2 Å². The van der Waals surface area contributed by atoms with E-state index in [-0.39, 0.29) is 17.7 Å². The zero-order valence-corrected chi connectivity index (χ0v) is 14.2. The maximum absolute atomic E-state index is 12.9. The van der Waals surface area contributed by atoms with Crippen molar-refractivity contribution in [2.75, 3.05) is 30.8 Å². The number of hydrogen-bond acceptors (Lipinski definition) is 4. The number of H-pyrrole nitrogens is 1. The fraction of sp³-hybridized carbons (Fsp3) is 0.389. The predicted octanol–water partition coefficient (Wildman–Crippen LogP) is 1.53. The van der Waals surface area contributed by atoms with Gasteiger partial charge in [-0.15, -0.1) is 0 Å². The molecule has 0 bridgehead atoms. The Labute approximate surface area is 145 Å². The summed E-state index contributed by atoms with van der Waals surface area (Å²) in [5, 5.41) is 6.92. The van der Waals surface area contributed by atoms with E-state index in [1.807, 2.05) is 23.1 Å². The standard InChI is InChI=1S/C18H21N5O2/c1-22-15-4-2-12(8-11(15)3-5-16(22)24)18(25)23-7-6-13(10-23)17-14(19)9-20-21-17/h2,4,8-9,13H,3,5-7,10,19H2,1H3,(H,20,21). The third-order valence-corrected chi connectivity index (χ3v) is 5.25. The molecule has 0 spiro atoms. The van der Waals surface area contributed by atoms with Crippen LogP contribution in [0.2, 0.25) is 0 Å². The lowest BCUT2D eigenvalue weighted by Gasteiger charge is -2.26. The summed E-state index contributed by atoms with van der Waals surface area (Å²) in [6.45, 7) is 1.35. The number of aryl methyl sites for hydroxylation is 1. The smallest absolute Gasteiger partial charge is 0.253 e. The van der Waals surface area contributed by atoms with E-state index in [9.17, 15) is 9.59 Å². The Morgan fingerprint density at radius 1 is 1.36 bits per heavy atom. The van der Waals surface area contributed by atoms with Crippen molar-refractivity contribution in [3.63, 3.8) is 0 Å². The number of nitrogens with one attached hydrogen (secondary N) is 1. The molecule has 25 heavy (non-hydrogen) atoms. The molecule has 2 aliphatic rings. The van der Waals surface area contributed by atoms with Crippen LogP contribution in [0.1, 0.15) is 40.4 Å². The number of nitrogens with two attached hydrogens (primary N) is 1. The minimum atomic E-state index is 0.0305. The number of benzene rings is 1. The summed E-state index contributed by atoms with van der Waals surface area (Å²) >= 11 is 0. The van der Waals surface area contributed by atoms with Crippen molar-refractivity contribution < 1.29 is 9.59 Å². The van der Waals surface area contributed by atoms with E-state index in [1.165, 1.54) is 0 Å². The van der Waals surface area contributed by atoms with Gasteiger partial charge in [-0.05, 0) is 36.6 Å². The molecule has 7 heteroatoms. The topological polar surface area (TPSA) is 95.3 Å². The van der Waals surface area contributed by atoms with Crippen LogP contribution < -0.4 is 10.6 Å². The molecule has 2 amide bonds. The first kappa shape index (κ1) is 15.7. The van der Waals surface area contributed by atoms with Crippen molar-refractivity contribution in [3.8, 4) is 0 Å². The molecule has 4 rings (SSSR count). The Morgan fingerprint density at radius 2 is 2.20 bits per heavy atom. The Morgan fingerprint density at radius 3 is 2.96 bits per heavy atom. The van der Waals surface area contributed by atoms with Crippen molar-refractivity contribution in [2.24, 2.45) is 0 Å².